The van der Waals surface area contributed by atoms with Crippen LogP contribution in [0.2, 0.25) is 0 Å². The van der Waals surface area contributed by atoms with E-state index in [9.17, 15) is 9.50 Å². The number of β-amino-alcohol motifs (C(OH)–C–C–N with tert-alkyl or cyclic N) is 1. The van der Waals surface area contributed by atoms with Crippen LogP contribution < -0.4 is 0 Å². The zero-order chi connectivity index (χ0) is 15.4. The van der Waals surface area contributed by atoms with Crippen molar-refractivity contribution in [3.63, 3.8) is 0 Å². The van der Waals surface area contributed by atoms with Crippen molar-refractivity contribution in [1.29, 1.82) is 5.26 Å². The quantitative estimate of drug-likeness (QED) is 0.915. The Bertz CT molecular complexity index is 527. The topological polar surface area (TPSA) is 50.5 Å². The van der Waals surface area contributed by atoms with Crippen LogP contribution in [-0.4, -0.2) is 53.2 Å². The lowest BCUT2D eigenvalue weighted by Crippen LogP contribution is -2.53. The molecule has 1 aliphatic heterocycles. The van der Waals surface area contributed by atoms with Crippen LogP contribution in [-0.2, 0) is 6.54 Å². The maximum Gasteiger partial charge on any atom is 0.127 e. The van der Waals surface area contributed by atoms with E-state index >= 15 is 0 Å². The van der Waals surface area contributed by atoms with Gasteiger partial charge in [-0.05, 0) is 32.0 Å². The number of benzene rings is 1. The normalized spacial score (nSPS) is 22.0. The fourth-order valence-corrected chi connectivity index (χ4v) is 2.83. The average molecular weight is 291 g/mol. The first-order valence-electron chi connectivity index (χ1n) is 7.32. The lowest BCUT2D eigenvalue weighted by atomic mass is 10.1. The third-order valence-corrected chi connectivity index (χ3v) is 3.92. The summed E-state index contributed by atoms with van der Waals surface area (Å²) >= 11 is 0. The summed E-state index contributed by atoms with van der Waals surface area (Å²) < 4.78 is 13.8. The van der Waals surface area contributed by atoms with Gasteiger partial charge in [0.2, 0.25) is 0 Å². The van der Waals surface area contributed by atoms with Gasteiger partial charge in [-0.25, -0.2) is 4.39 Å². The third kappa shape index (κ3) is 4.24. The van der Waals surface area contributed by atoms with E-state index in [0.29, 0.717) is 30.3 Å². The van der Waals surface area contributed by atoms with Crippen LogP contribution in [0, 0.1) is 17.1 Å². The van der Waals surface area contributed by atoms with Crippen molar-refractivity contribution in [2.75, 3.05) is 26.2 Å². The second-order valence-corrected chi connectivity index (χ2v) is 5.85. The number of hydrogen-bond donors (Lipinski definition) is 1. The van der Waals surface area contributed by atoms with Crippen LogP contribution in [0.3, 0.4) is 0 Å². The molecule has 1 heterocycles. The van der Waals surface area contributed by atoms with Gasteiger partial charge < -0.3 is 5.11 Å². The third-order valence-electron chi connectivity index (χ3n) is 3.92. The Labute approximate surface area is 125 Å². The summed E-state index contributed by atoms with van der Waals surface area (Å²) in [5, 5.41) is 18.4. The molecule has 1 N–H and O–H groups in total. The van der Waals surface area contributed by atoms with Crippen LogP contribution in [0.5, 0.6) is 0 Å². The minimum absolute atomic E-state index is 0.256. The Morgan fingerprint density at radius 1 is 1.48 bits per heavy atom. The SMILES string of the molecule is C[C@H](O)CN1CCN(Cc2cc(C#N)ccc2F)C[C@H]1C. The summed E-state index contributed by atoms with van der Waals surface area (Å²) in [4.78, 5) is 4.45. The zero-order valence-corrected chi connectivity index (χ0v) is 12.6. The van der Waals surface area contributed by atoms with Crippen molar-refractivity contribution in [2.45, 2.75) is 32.5 Å². The van der Waals surface area contributed by atoms with Gasteiger partial charge >= 0.3 is 0 Å². The van der Waals surface area contributed by atoms with Gasteiger partial charge in [-0.2, -0.15) is 5.26 Å². The van der Waals surface area contributed by atoms with Crippen molar-refractivity contribution in [3.8, 4) is 6.07 Å². The molecule has 0 spiro atoms. The van der Waals surface area contributed by atoms with Crippen LogP contribution >= 0.6 is 0 Å². The second kappa shape index (κ2) is 6.99. The summed E-state index contributed by atoms with van der Waals surface area (Å²) in [5.41, 5.74) is 1.07. The zero-order valence-electron chi connectivity index (χ0n) is 12.6. The van der Waals surface area contributed by atoms with Crippen molar-refractivity contribution in [3.05, 3.63) is 35.1 Å². The molecule has 0 radical (unpaired) electrons. The van der Waals surface area contributed by atoms with Crippen LogP contribution in [0.15, 0.2) is 18.2 Å². The highest BCUT2D eigenvalue weighted by Gasteiger charge is 2.24. The summed E-state index contributed by atoms with van der Waals surface area (Å²) in [5.74, 6) is -0.256. The van der Waals surface area contributed by atoms with Gasteiger partial charge in [-0.1, -0.05) is 0 Å². The van der Waals surface area contributed by atoms with Gasteiger partial charge in [0.05, 0.1) is 17.7 Å². The van der Waals surface area contributed by atoms with E-state index < -0.39 is 0 Å². The number of aliphatic hydroxyl groups excluding tert-OH is 1. The van der Waals surface area contributed by atoms with E-state index in [1.54, 1.807) is 13.0 Å². The molecule has 21 heavy (non-hydrogen) atoms. The van der Waals surface area contributed by atoms with E-state index in [4.69, 9.17) is 5.26 Å². The average Bonchev–Trinajstić information content (AvgIpc) is 2.44. The first-order chi connectivity index (χ1) is 9.99. The van der Waals surface area contributed by atoms with Crippen LogP contribution in [0.4, 0.5) is 4.39 Å². The highest BCUT2D eigenvalue weighted by molar-refractivity contribution is 5.33. The van der Waals surface area contributed by atoms with E-state index in [1.807, 2.05) is 6.07 Å². The van der Waals surface area contributed by atoms with E-state index in [2.05, 4.69) is 16.7 Å². The van der Waals surface area contributed by atoms with Gasteiger partial charge in [0, 0.05) is 44.3 Å². The first kappa shape index (κ1) is 15.9. The number of halogens is 1. The lowest BCUT2D eigenvalue weighted by Gasteiger charge is -2.40. The van der Waals surface area contributed by atoms with Gasteiger partial charge in [0.15, 0.2) is 0 Å². The molecule has 1 aliphatic rings. The standard InChI is InChI=1S/C16H22FN3O/c1-12-9-19(5-6-20(12)10-13(2)21)11-15-7-14(8-18)3-4-16(15)17/h3-4,7,12-13,21H,5-6,9-11H2,1-2H3/t12-,13+/m1/s1. The Morgan fingerprint density at radius 2 is 2.24 bits per heavy atom. The molecule has 1 saturated heterocycles. The largest absolute Gasteiger partial charge is 0.392 e. The molecule has 0 unspecified atom stereocenters. The van der Waals surface area contributed by atoms with Gasteiger partial charge in [0.25, 0.3) is 0 Å². The van der Waals surface area contributed by atoms with Crippen molar-refractivity contribution < 1.29 is 9.50 Å². The number of aliphatic hydroxyl groups is 1. The number of hydrogen-bond acceptors (Lipinski definition) is 4. The molecule has 0 aromatic heterocycles. The molecule has 0 amide bonds. The van der Waals surface area contributed by atoms with E-state index in [-0.39, 0.29) is 11.9 Å². The number of nitrogens with zero attached hydrogens (tertiary/aromatic N) is 3. The molecular weight excluding hydrogens is 269 g/mol. The minimum Gasteiger partial charge on any atom is -0.392 e. The summed E-state index contributed by atoms with van der Waals surface area (Å²) in [6, 6.07) is 6.87. The molecule has 1 aromatic rings. The lowest BCUT2D eigenvalue weighted by molar-refractivity contribution is 0.0419. The molecule has 1 aromatic carbocycles. The molecule has 0 aliphatic carbocycles. The monoisotopic (exact) mass is 291 g/mol. The molecule has 2 atom stereocenters. The van der Waals surface area contributed by atoms with Crippen molar-refractivity contribution in [1.82, 2.24) is 9.80 Å². The molecule has 1 fully saturated rings. The number of piperazine rings is 1. The Hall–Kier alpha value is -1.48. The van der Waals surface area contributed by atoms with Gasteiger partial charge in [-0.3, -0.25) is 9.80 Å². The van der Waals surface area contributed by atoms with Crippen molar-refractivity contribution in [2.24, 2.45) is 0 Å². The van der Waals surface area contributed by atoms with E-state index in [1.165, 1.54) is 12.1 Å². The Morgan fingerprint density at radius 3 is 2.86 bits per heavy atom. The van der Waals surface area contributed by atoms with Gasteiger partial charge in [-0.15, -0.1) is 0 Å². The van der Waals surface area contributed by atoms with Gasteiger partial charge in [0.1, 0.15) is 5.82 Å². The fraction of sp³-hybridized carbons (Fsp3) is 0.562. The minimum atomic E-state index is -0.330. The number of rotatable bonds is 4. The molecular formula is C16H22FN3O. The van der Waals surface area contributed by atoms with Crippen molar-refractivity contribution >= 4 is 0 Å². The van der Waals surface area contributed by atoms with Crippen LogP contribution in [0.1, 0.15) is 25.0 Å². The molecule has 0 bridgehead atoms. The fourth-order valence-electron chi connectivity index (χ4n) is 2.83. The van der Waals surface area contributed by atoms with Crippen LogP contribution in [0.25, 0.3) is 0 Å². The molecule has 0 saturated carbocycles. The summed E-state index contributed by atoms with van der Waals surface area (Å²) in [6.45, 7) is 7.65. The summed E-state index contributed by atoms with van der Waals surface area (Å²) in [7, 11) is 0. The first-order valence-corrected chi connectivity index (χ1v) is 7.32. The molecule has 114 valence electrons. The second-order valence-electron chi connectivity index (χ2n) is 5.85. The molecule has 5 heteroatoms. The Kier molecular flexibility index (Phi) is 5.29. The molecule has 4 nitrogen and oxygen atoms in total. The smallest absolute Gasteiger partial charge is 0.127 e. The highest BCUT2D eigenvalue weighted by Crippen LogP contribution is 2.16. The summed E-state index contributed by atoms with van der Waals surface area (Å²) in [6.07, 6.45) is -0.330. The maximum absolute atomic E-state index is 13.8. The molecule has 2 rings (SSSR count). The highest BCUT2D eigenvalue weighted by atomic mass is 19.1. The maximum atomic E-state index is 13.8. The number of nitriles is 1. The predicted octanol–water partition coefficient (Wildman–Crippen LogP) is 1.58. The predicted molar refractivity (Wildman–Crippen MR) is 79.1 cm³/mol. The Balaban J connectivity index is 1.98. The van der Waals surface area contributed by atoms with E-state index in [0.717, 1.165) is 19.6 Å².